The summed E-state index contributed by atoms with van der Waals surface area (Å²) in [5, 5.41) is 27.8. The lowest BCUT2D eigenvalue weighted by Gasteiger charge is -2.12. The first-order chi connectivity index (χ1) is 15.9. The number of hydrogen-bond acceptors (Lipinski definition) is 8. The van der Waals surface area contributed by atoms with Gasteiger partial charge in [-0.3, -0.25) is 9.11 Å². The van der Waals surface area contributed by atoms with E-state index in [-0.39, 0.29) is 16.2 Å². The zero-order valence-electron chi connectivity index (χ0n) is 16.8. The van der Waals surface area contributed by atoms with Crippen LogP contribution in [0.4, 0.5) is 11.4 Å². The Morgan fingerprint density at radius 2 is 1.26 bits per heavy atom. The molecule has 11 nitrogen and oxygen atoms in total. The number of nitrogens with zero attached hydrogens (tertiary/aromatic N) is 2. The molecule has 0 aromatic heterocycles. The topological polar surface area (TPSA) is 191 Å². The van der Waals surface area contributed by atoms with E-state index in [4.69, 9.17) is 0 Å². The van der Waals surface area contributed by atoms with Crippen molar-refractivity contribution < 1.29 is 40.9 Å². The maximum atomic E-state index is 12.2. The van der Waals surface area contributed by atoms with Crippen molar-refractivity contribution >= 4 is 59.1 Å². The minimum atomic E-state index is -5.11. The number of aromatic hydroxyl groups is 1. The second-order valence-corrected chi connectivity index (χ2v) is 9.82. The van der Waals surface area contributed by atoms with E-state index in [2.05, 4.69) is 10.2 Å². The Labute approximate surface area is 192 Å². The van der Waals surface area contributed by atoms with Crippen LogP contribution in [0.15, 0.2) is 80.7 Å². The summed E-state index contributed by atoms with van der Waals surface area (Å²) in [7, 11) is -10.2. The van der Waals surface area contributed by atoms with E-state index < -0.39 is 58.7 Å². The fraction of sp³-hybridized carbons (Fsp3) is 0. The van der Waals surface area contributed by atoms with E-state index in [0.717, 1.165) is 6.07 Å². The highest BCUT2D eigenvalue weighted by atomic mass is 32.2. The van der Waals surface area contributed by atoms with E-state index in [1.165, 1.54) is 42.5 Å². The van der Waals surface area contributed by atoms with E-state index in [1.807, 2.05) is 0 Å². The zero-order chi connectivity index (χ0) is 24.8. The van der Waals surface area contributed by atoms with Crippen molar-refractivity contribution in [1.82, 2.24) is 0 Å². The van der Waals surface area contributed by atoms with Crippen molar-refractivity contribution in [3.05, 3.63) is 66.2 Å². The van der Waals surface area contributed by atoms with E-state index in [1.54, 1.807) is 12.1 Å². The first kappa shape index (κ1) is 23.3. The molecule has 0 radical (unpaired) electrons. The zero-order valence-corrected chi connectivity index (χ0v) is 18.4. The number of azo groups is 1. The van der Waals surface area contributed by atoms with Crippen LogP contribution in [0.3, 0.4) is 0 Å². The van der Waals surface area contributed by atoms with Gasteiger partial charge in [-0.1, -0.05) is 48.5 Å². The molecule has 0 atom stereocenters. The first-order valence-corrected chi connectivity index (χ1v) is 12.2. The Hall–Kier alpha value is -3.91. The predicted octanol–water partition coefficient (Wildman–Crippen LogP) is 4.31. The van der Waals surface area contributed by atoms with Gasteiger partial charge in [0, 0.05) is 10.8 Å². The minimum absolute atomic E-state index is 0.0582. The van der Waals surface area contributed by atoms with Gasteiger partial charge in [-0.2, -0.15) is 16.8 Å². The predicted molar refractivity (Wildman–Crippen MR) is 120 cm³/mol. The molecule has 0 aliphatic rings. The number of carboxylic acids is 1. The highest BCUT2D eigenvalue weighted by Crippen LogP contribution is 2.42. The van der Waals surface area contributed by atoms with Crippen molar-refractivity contribution in [1.29, 1.82) is 0 Å². The quantitative estimate of drug-likeness (QED) is 0.227. The lowest BCUT2D eigenvalue weighted by Crippen LogP contribution is -2.05. The molecule has 0 amide bonds. The van der Waals surface area contributed by atoms with Gasteiger partial charge in [-0.05, 0) is 22.9 Å². The van der Waals surface area contributed by atoms with Gasteiger partial charge in [0.2, 0.25) is 0 Å². The Morgan fingerprint density at radius 1 is 0.735 bits per heavy atom. The molecule has 0 bridgehead atoms. The summed E-state index contributed by atoms with van der Waals surface area (Å²) in [5.74, 6) is -2.29. The average molecular weight is 502 g/mol. The normalized spacial score (nSPS) is 12.5. The van der Waals surface area contributed by atoms with E-state index >= 15 is 0 Å². The third kappa shape index (κ3) is 4.08. The monoisotopic (exact) mass is 502 g/mol. The van der Waals surface area contributed by atoms with Gasteiger partial charge < -0.3 is 10.2 Å². The standard InChI is InChI=1S/C21H14N2O9S2/c24-19-15(21(25)26)9-11-5-1-3-7-13(11)17(19)22-23-18-16(33(27,28)29)10-12-6-2-4-8-14(12)20(18)34(30,31)32/h1-10,24H,(H,25,26)(H,27,28,29)(H,30,31,32). The Bertz CT molecular complexity index is 1750. The van der Waals surface area contributed by atoms with Gasteiger partial charge in [0.1, 0.15) is 26.7 Å². The smallest absolute Gasteiger partial charge is 0.339 e. The summed E-state index contributed by atoms with van der Waals surface area (Å²) < 4.78 is 68.2. The molecular formula is C21H14N2O9S2. The molecule has 4 N–H and O–H groups in total. The molecule has 4 aromatic rings. The molecule has 0 spiro atoms. The van der Waals surface area contributed by atoms with Crippen molar-refractivity contribution in [2.45, 2.75) is 9.79 Å². The molecule has 0 aliphatic heterocycles. The molecular weight excluding hydrogens is 488 g/mol. The molecule has 0 heterocycles. The molecule has 13 heteroatoms. The van der Waals surface area contributed by atoms with Gasteiger partial charge in [-0.15, -0.1) is 10.2 Å². The largest absolute Gasteiger partial charge is 0.505 e. The number of benzene rings is 4. The van der Waals surface area contributed by atoms with E-state index in [9.17, 15) is 40.9 Å². The lowest BCUT2D eigenvalue weighted by molar-refractivity contribution is 0.0694. The van der Waals surface area contributed by atoms with Gasteiger partial charge >= 0.3 is 5.97 Å². The molecule has 0 unspecified atom stereocenters. The van der Waals surface area contributed by atoms with Crippen LogP contribution in [0.25, 0.3) is 21.5 Å². The minimum Gasteiger partial charge on any atom is -0.505 e. The van der Waals surface area contributed by atoms with Crippen LogP contribution < -0.4 is 0 Å². The van der Waals surface area contributed by atoms with Crippen molar-refractivity contribution in [3.63, 3.8) is 0 Å². The number of phenols is 1. The Morgan fingerprint density at radius 3 is 1.82 bits per heavy atom. The highest BCUT2D eigenvalue weighted by Gasteiger charge is 2.28. The Balaban J connectivity index is 2.13. The fourth-order valence-corrected chi connectivity index (χ4v) is 5.10. The number of carboxylic acid groups (broad SMARTS) is 1. The molecule has 0 saturated heterocycles. The van der Waals surface area contributed by atoms with Gasteiger partial charge in [-0.25, -0.2) is 4.79 Å². The summed E-state index contributed by atoms with van der Waals surface area (Å²) in [6.45, 7) is 0. The number of hydrogen-bond donors (Lipinski definition) is 4. The number of aromatic carboxylic acids is 1. The first-order valence-electron chi connectivity index (χ1n) is 9.30. The van der Waals surface area contributed by atoms with Crippen LogP contribution in [0.2, 0.25) is 0 Å². The van der Waals surface area contributed by atoms with Crippen LogP contribution >= 0.6 is 0 Å². The SMILES string of the molecule is O=C(O)c1cc2ccccc2c(N=Nc2c(S(=O)(=O)O)cc3ccccc3c2S(=O)(=O)O)c1O. The number of fused-ring (bicyclic) bond motifs is 2. The number of carbonyl (C=O) groups is 1. The lowest BCUT2D eigenvalue weighted by atomic mass is 10.0. The van der Waals surface area contributed by atoms with Crippen LogP contribution in [0, 0.1) is 0 Å². The second kappa shape index (κ2) is 8.14. The van der Waals surface area contributed by atoms with Gasteiger partial charge in [0.05, 0.1) is 0 Å². The summed E-state index contributed by atoms with van der Waals surface area (Å²) in [4.78, 5) is 9.64. The summed E-state index contributed by atoms with van der Waals surface area (Å²) in [5.41, 5.74) is -1.85. The van der Waals surface area contributed by atoms with Crippen LogP contribution in [-0.4, -0.2) is 42.1 Å². The second-order valence-electron chi connectivity index (χ2n) is 7.07. The van der Waals surface area contributed by atoms with Gasteiger partial charge in [0.25, 0.3) is 20.2 Å². The average Bonchev–Trinajstić information content (AvgIpc) is 2.75. The molecule has 34 heavy (non-hydrogen) atoms. The molecule has 0 fully saturated rings. The molecule has 0 aliphatic carbocycles. The maximum Gasteiger partial charge on any atom is 0.339 e. The van der Waals surface area contributed by atoms with Crippen molar-refractivity contribution in [2.24, 2.45) is 10.2 Å². The van der Waals surface area contributed by atoms with E-state index in [0.29, 0.717) is 5.39 Å². The number of rotatable bonds is 5. The summed E-state index contributed by atoms with van der Waals surface area (Å²) >= 11 is 0. The Kier molecular flexibility index (Phi) is 5.57. The third-order valence-electron chi connectivity index (χ3n) is 4.95. The molecule has 174 valence electrons. The van der Waals surface area contributed by atoms with Crippen LogP contribution in [0.1, 0.15) is 10.4 Å². The van der Waals surface area contributed by atoms with Crippen molar-refractivity contribution in [2.75, 3.05) is 0 Å². The van der Waals surface area contributed by atoms with Crippen molar-refractivity contribution in [3.8, 4) is 5.75 Å². The summed E-state index contributed by atoms with van der Waals surface area (Å²) in [6, 6.07) is 13.8. The van der Waals surface area contributed by atoms with Gasteiger partial charge in [0.15, 0.2) is 5.75 Å². The maximum absolute atomic E-state index is 12.2. The van der Waals surface area contributed by atoms with Crippen LogP contribution in [-0.2, 0) is 20.2 Å². The van der Waals surface area contributed by atoms with Crippen LogP contribution in [0.5, 0.6) is 5.75 Å². The highest BCUT2D eigenvalue weighted by molar-refractivity contribution is 7.87. The summed E-state index contributed by atoms with van der Waals surface area (Å²) in [6.07, 6.45) is 0. The molecule has 0 saturated carbocycles. The third-order valence-corrected chi connectivity index (χ3v) is 6.75. The molecule has 4 aromatic carbocycles. The molecule has 4 rings (SSSR count). The fourth-order valence-electron chi connectivity index (χ4n) is 3.51.